The molecule has 1 rings (SSSR count). The first-order valence-electron chi connectivity index (χ1n) is 8.71. The number of hydrogen-bond acceptors (Lipinski definition) is 2. The molecule has 1 aliphatic rings. The Labute approximate surface area is 130 Å². The molecule has 0 radical (unpaired) electrons. The van der Waals surface area contributed by atoms with Gasteiger partial charge in [0.1, 0.15) is 0 Å². The van der Waals surface area contributed by atoms with Gasteiger partial charge in [0.15, 0.2) is 0 Å². The number of esters is 1. The van der Waals surface area contributed by atoms with E-state index in [-0.39, 0.29) is 5.97 Å². The summed E-state index contributed by atoms with van der Waals surface area (Å²) in [5.74, 6) is 0.771. The average Bonchev–Trinajstić information content (AvgIpc) is 3.01. The molecule has 1 aliphatic carbocycles. The molecule has 2 nitrogen and oxygen atoms in total. The Morgan fingerprint density at radius 2 is 1.81 bits per heavy atom. The summed E-state index contributed by atoms with van der Waals surface area (Å²) in [5.41, 5.74) is 0. The van der Waals surface area contributed by atoms with Gasteiger partial charge in [0.05, 0.1) is 7.11 Å². The summed E-state index contributed by atoms with van der Waals surface area (Å²) >= 11 is 0. The molecular formula is C19H32O2. The van der Waals surface area contributed by atoms with Crippen molar-refractivity contribution in [2.24, 2.45) is 5.92 Å². The lowest BCUT2D eigenvalue weighted by Gasteiger charge is -2.06. The largest absolute Gasteiger partial charge is 0.469 e. The summed E-state index contributed by atoms with van der Waals surface area (Å²) < 4.78 is 4.60. The number of allylic oxidation sites excluding steroid dienone is 4. The molecule has 0 heterocycles. The molecule has 1 unspecified atom stereocenters. The summed E-state index contributed by atoms with van der Waals surface area (Å²) in [4.78, 5) is 10.9. The SMILES string of the molecule is COC(=O)CCC=CCCCCCCCCC1C=CCC1. The Morgan fingerprint density at radius 3 is 2.52 bits per heavy atom. The molecule has 0 spiro atoms. The molecule has 0 amide bonds. The molecule has 2 heteroatoms. The molecule has 21 heavy (non-hydrogen) atoms. The van der Waals surface area contributed by atoms with E-state index in [0.29, 0.717) is 6.42 Å². The highest BCUT2D eigenvalue weighted by Gasteiger charge is 2.07. The van der Waals surface area contributed by atoms with Crippen molar-refractivity contribution in [2.45, 2.75) is 77.0 Å². The maximum absolute atomic E-state index is 10.9. The number of ether oxygens (including phenoxy) is 1. The standard InChI is InChI=1S/C19H32O2/c1-21-19(20)17-11-9-7-5-3-2-4-6-8-10-14-18-15-12-13-16-18/h7,9,12,15,18H,2-6,8,10-11,13-14,16-17H2,1H3. The number of hydrogen-bond donors (Lipinski definition) is 0. The molecule has 0 N–H and O–H groups in total. The predicted molar refractivity (Wildman–Crippen MR) is 89.2 cm³/mol. The minimum atomic E-state index is -0.118. The topological polar surface area (TPSA) is 26.3 Å². The van der Waals surface area contributed by atoms with Crippen LogP contribution in [-0.2, 0) is 9.53 Å². The van der Waals surface area contributed by atoms with E-state index in [0.717, 1.165) is 18.8 Å². The molecule has 120 valence electrons. The fraction of sp³-hybridized carbons (Fsp3) is 0.737. The van der Waals surface area contributed by atoms with Gasteiger partial charge >= 0.3 is 5.97 Å². The average molecular weight is 292 g/mol. The van der Waals surface area contributed by atoms with Gasteiger partial charge in [0.25, 0.3) is 0 Å². The Hall–Kier alpha value is -1.05. The molecule has 0 aromatic heterocycles. The van der Waals surface area contributed by atoms with Crippen molar-refractivity contribution in [3.05, 3.63) is 24.3 Å². The monoisotopic (exact) mass is 292 g/mol. The second-order valence-corrected chi connectivity index (χ2v) is 6.05. The second kappa shape index (κ2) is 12.7. The predicted octanol–water partition coefficient (Wildman–Crippen LogP) is 5.58. The van der Waals surface area contributed by atoms with Crippen LogP contribution in [0.3, 0.4) is 0 Å². The summed E-state index contributed by atoms with van der Waals surface area (Å²) in [6.07, 6.45) is 23.8. The lowest BCUT2D eigenvalue weighted by Crippen LogP contribution is -1.97. The van der Waals surface area contributed by atoms with Crippen molar-refractivity contribution >= 4 is 5.97 Å². The van der Waals surface area contributed by atoms with Gasteiger partial charge in [-0.1, -0.05) is 56.4 Å². The van der Waals surface area contributed by atoms with Gasteiger partial charge in [-0.15, -0.1) is 0 Å². The molecule has 0 saturated heterocycles. The molecule has 0 fully saturated rings. The fourth-order valence-electron chi connectivity index (χ4n) is 2.85. The second-order valence-electron chi connectivity index (χ2n) is 6.05. The molecule has 0 saturated carbocycles. The first-order valence-corrected chi connectivity index (χ1v) is 8.71. The van der Waals surface area contributed by atoms with Crippen LogP contribution in [0, 0.1) is 5.92 Å². The fourth-order valence-corrected chi connectivity index (χ4v) is 2.85. The maximum atomic E-state index is 10.9. The van der Waals surface area contributed by atoms with Crippen LogP contribution in [0.4, 0.5) is 0 Å². The third-order valence-corrected chi connectivity index (χ3v) is 4.22. The molecular weight excluding hydrogens is 260 g/mol. The summed E-state index contributed by atoms with van der Waals surface area (Å²) in [6, 6.07) is 0. The van der Waals surface area contributed by atoms with Crippen molar-refractivity contribution in [3.63, 3.8) is 0 Å². The number of unbranched alkanes of at least 4 members (excludes halogenated alkanes) is 6. The van der Waals surface area contributed by atoms with Gasteiger partial charge in [-0.2, -0.15) is 0 Å². The summed E-state index contributed by atoms with van der Waals surface area (Å²) in [6.45, 7) is 0. The maximum Gasteiger partial charge on any atom is 0.305 e. The normalized spacial score (nSPS) is 17.7. The molecule has 1 atom stereocenters. The highest BCUT2D eigenvalue weighted by molar-refractivity contribution is 5.69. The Kier molecular flexibility index (Phi) is 10.9. The van der Waals surface area contributed by atoms with Crippen LogP contribution in [0.15, 0.2) is 24.3 Å². The van der Waals surface area contributed by atoms with Gasteiger partial charge in [0, 0.05) is 6.42 Å². The van der Waals surface area contributed by atoms with E-state index in [2.05, 4.69) is 29.0 Å². The molecule has 0 bridgehead atoms. The van der Waals surface area contributed by atoms with Crippen molar-refractivity contribution in [1.29, 1.82) is 0 Å². The Bertz CT molecular complexity index is 318. The van der Waals surface area contributed by atoms with E-state index >= 15 is 0 Å². The zero-order valence-electron chi connectivity index (χ0n) is 13.7. The van der Waals surface area contributed by atoms with Gasteiger partial charge in [-0.05, 0) is 44.4 Å². The van der Waals surface area contributed by atoms with Gasteiger partial charge in [-0.25, -0.2) is 0 Å². The highest BCUT2D eigenvalue weighted by atomic mass is 16.5. The van der Waals surface area contributed by atoms with E-state index in [4.69, 9.17) is 0 Å². The smallest absolute Gasteiger partial charge is 0.305 e. The minimum Gasteiger partial charge on any atom is -0.469 e. The number of carbonyl (C=O) groups excluding carboxylic acids is 1. The Balaban J connectivity index is 1.77. The van der Waals surface area contributed by atoms with Crippen LogP contribution >= 0.6 is 0 Å². The first-order chi connectivity index (χ1) is 10.3. The van der Waals surface area contributed by atoms with E-state index in [9.17, 15) is 4.79 Å². The summed E-state index contributed by atoms with van der Waals surface area (Å²) in [7, 11) is 1.44. The van der Waals surface area contributed by atoms with Crippen molar-refractivity contribution < 1.29 is 9.53 Å². The van der Waals surface area contributed by atoms with E-state index < -0.39 is 0 Å². The number of rotatable bonds is 12. The molecule has 0 aromatic rings. The zero-order valence-corrected chi connectivity index (χ0v) is 13.7. The van der Waals surface area contributed by atoms with Crippen LogP contribution in [0.5, 0.6) is 0 Å². The van der Waals surface area contributed by atoms with Gasteiger partial charge in [0.2, 0.25) is 0 Å². The third-order valence-electron chi connectivity index (χ3n) is 4.22. The van der Waals surface area contributed by atoms with Crippen molar-refractivity contribution in [3.8, 4) is 0 Å². The molecule has 0 aromatic carbocycles. The Morgan fingerprint density at radius 1 is 1.10 bits per heavy atom. The lowest BCUT2D eigenvalue weighted by atomic mass is 10.00. The molecule has 0 aliphatic heterocycles. The van der Waals surface area contributed by atoms with Crippen LogP contribution in [0.25, 0.3) is 0 Å². The number of methoxy groups -OCH3 is 1. The van der Waals surface area contributed by atoms with Gasteiger partial charge < -0.3 is 4.74 Å². The minimum absolute atomic E-state index is 0.118. The lowest BCUT2D eigenvalue weighted by molar-refractivity contribution is -0.140. The highest BCUT2D eigenvalue weighted by Crippen LogP contribution is 2.23. The van der Waals surface area contributed by atoms with Crippen molar-refractivity contribution in [1.82, 2.24) is 0 Å². The van der Waals surface area contributed by atoms with Crippen LogP contribution in [0.2, 0.25) is 0 Å². The van der Waals surface area contributed by atoms with Crippen LogP contribution in [0.1, 0.15) is 77.0 Å². The first kappa shape index (κ1) is 18.0. The van der Waals surface area contributed by atoms with Crippen LogP contribution < -0.4 is 0 Å². The van der Waals surface area contributed by atoms with Crippen LogP contribution in [-0.4, -0.2) is 13.1 Å². The zero-order chi connectivity index (χ0) is 15.2. The van der Waals surface area contributed by atoms with E-state index in [1.54, 1.807) is 0 Å². The third kappa shape index (κ3) is 10.3. The number of carbonyl (C=O) groups is 1. The quantitative estimate of drug-likeness (QED) is 0.266. The van der Waals surface area contributed by atoms with Gasteiger partial charge in [-0.3, -0.25) is 4.79 Å². The summed E-state index contributed by atoms with van der Waals surface area (Å²) in [5, 5.41) is 0. The van der Waals surface area contributed by atoms with Crippen molar-refractivity contribution in [2.75, 3.05) is 7.11 Å². The van der Waals surface area contributed by atoms with E-state index in [1.807, 2.05) is 0 Å². The van der Waals surface area contributed by atoms with E-state index in [1.165, 1.54) is 64.9 Å².